The third-order valence-corrected chi connectivity index (χ3v) is 5.64. The van der Waals surface area contributed by atoms with E-state index in [2.05, 4.69) is 5.32 Å². The summed E-state index contributed by atoms with van der Waals surface area (Å²) in [6.45, 7) is 3.44. The molecule has 0 radical (unpaired) electrons. The fourth-order valence-corrected chi connectivity index (χ4v) is 5.11. The van der Waals surface area contributed by atoms with Crippen LogP contribution in [0, 0.1) is 23.2 Å². The minimum atomic E-state index is -0.935. The summed E-state index contributed by atoms with van der Waals surface area (Å²) in [5, 5.41) is 2.95. The van der Waals surface area contributed by atoms with Crippen LogP contribution in [0.1, 0.15) is 52.4 Å². The van der Waals surface area contributed by atoms with Gasteiger partial charge in [0.2, 0.25) is 5.91 Å². The Morgan fingerprint density at radius 1 is 1.05 bits per heavy atom. The average molecular weight is 279 g/mol. The topological polar surface area (TPSA) is 55.4 Å². The number of hydrogen-bond acceptors (Lipinski definition) is 3. The fourth-order valence-electron chi connectivity index (χ4n) is 5.11. The van der Waals surface area contributed by atoms with Crippen molar-refractivity contribution in [1.82, 2.24) is 5.32 Å². The van der Waals surface area contributed by atoms with E-state index in [4.69, 9.17) is 4.74 Å². The molecule has 4 heteroatoms. The number of amides is 1. The molecule has 0 aromatic carbocycles. The van der Waals surface area contributed by atoms with E-state index in [0.717, 1.165) is 37.0 Å². The van der Waals surface area contributed by atoms with Gasteiger partial charge in [0.25, 0.3) is 0 Å². The number of ether oxygens (including phenoxy) is 1. The van der Waals surface area contributed by atoms with Crippen molar-refractivity contribution in [3.63, 3.8) is 0 Å². The van der Waals surface area contributed by atoms with Crippen LogP contribution in [-0.4, -0.2) is 24.5 Å². The smallest absolute Gasteiger partial charge is 0.330 e. The second kappa shape index (κ2) is 4.47. The highest BCUT2D eigenvalue weighted by molar-refractivity contribution is 5.90. The van der Waals surface area contributed by atoms with Gasteiger partial charge in [-0.25, -0.2) is 4.79 Å². The maximum Gasteiger partial charge on any atom is 0.330 e. The molecule has 0 aliphatic heterocycles. The lowest BCUT2D eigenvalue weighted by atomic mass is 9.49. The van der Waals surface area contributed by atoms with Gasteiger partial charge < -0.3 is 10.1 Å². The zero-order valence-electron chi connectivity index (χ0n) is 12.7. The molecular weight excluding hydrogens is 254 g/mol. The summed E-state index contributed by atoms with van der Waals surface area (Å²) >= 11 is 0. The summed E-state index contributed by atoms with van der Waals surface area (Å²) in [6.07, 6.45) is 6.99. The molecule has 4 aliphatic rings. The van der Waals surface area contributed by atoms with Crippen molar-refractivity contribution in [2.45, 2.75) is 57.9 Å². The molecule has 4 aliphatic carbocycles. The molecule has 0 saturated heterocycles. The molecule has 0 atom stereocenters. The number of rotatable bonds is 3. The Balaban J connectivity index is 1.76. The minimum Gasteiger partial charge on any atom is -0.467 e. The quantitative estimate of drug-likeness (QED) is 0.806. The highest BCUT2D eigenvalue weighted by atomic mass is 16.5. The first-order valence-electron chi connectivity index (χ1n) is 7.76. The molecule has 4 bridgehead atoms. The van der Waals surface area contributed by atoms with Crippen LogP contribution >= 0.6 is 0 Å². The number of carbonyl (C=O) groups excluding carboxylic acids is 2. The summed E-state index contributed by atoms with van der Waals surface area (Å²) in [6, 6.07) is 0. The molecule has 4 fully saturated rings. The Morgan fingerprint density at radius 3 is 1.90 bits per heavy atom. The van der Waals surface area contributed by atoms with Crippen molar-refractivity contribution in [1.29, 1.82) is 0 Å². The van der Waals surface area contributed by atoms with Gasteiger partial charge in [-0.15, -0.1) is 0 Å². The van der Waals surface area contributed by atoms with E-state index in [9.17, 15) is 9.59 Å². The van der Waals surface area contributed by atoms with Crippen LogP contribution in [-0.2, 0) is 14.3 Å². The van der Waals surface area contributed by atoms with Crippen molar-refractivity contribution in [3.05, 3.63) is 0 Å². The van der Waals surface area contributed by atoms with Gasteiger partial charge in [0, 0.05) is 5.41 Å². The molecule has 112 valence electrons. The highest BCUT2D eigenvalue weighted by Crippen LogP contribution is 2.60. The van der Waals surface area contributed by atoms with Gasteiger partial charge in [-0.1, -0.05) is 0 Å². The lowest BCUT2D eigenvalue weighted by Crippen LogP contribution is -2.59. The standard InChI is InChI=1S/C16H25NO3/c1-15(2,14(19)20-3)17-13(18)16-7-10-4-11(8-16)6-12(5-10)9-16/h10-12H,4-9H2,1-3H3,(H,17,18). The first-order valence-corrected chi connectivity index (χ1v) is 7.76. The molecule has 0 aromatic rings. The van der Waals surface area contributed by atoms with Crippen LogP contribution in [0.25, 0.3) is 0 Å². The number of esters is 1. The van der Waals surface area contributed by atoms with E-state index >= 15 is 0 Å². The number of methoxy groups -OCH3 is 1. The number of hydrogen-bond donors (Lipinski definition) is 1. The summed E-state index contributed by atoms with van der Waals surface area (Å²) in [5.41, 5.74) is -1.14. The monoisotopic (exact) mass is 279 g/mol. The van der Waals surface area contributed by atoms with E-state index < -0.39 is 5.54 Å². The molecular formula is C16H25NO3. The predicted octanol–water partition coefficient (Wildman–Crippen LogP) is 2.27. The van der Waals surface area contributed by atoms with Gasteiger partial charge in [-0.2, -0.15) is 0 Å². The summed E-state index contributed by atoms with van der Waals surface area (Å²) in [7, 11) is 1.36. The summed E-state index contributed by atoms with van der Waals surface area (Å²) in [5.74, 6) is 1.89. The maximum atomic E-state index is 12.8. The number of nitrogens with one attached hydrogen (secondary N) is 1. The second-order valence-corrected chi connectivity index (χ2v) is 7.77. The van der Waals surface area contributed by atoms with Gasteiger partial charge in [0.15, 0.2) is 0 Å². The molecule has 4 saturated carbocycles. The van der Waals surface area contributed by atoms with E-state index in [1.165, 1.54) is 26.4 Å². The van der Waals surface area contributed by atoms with E-state index in [1.54, 1.807) is 13.8 Å². The van der Waals surface area contributed by atoms with Gasteiger partial charge in [-0.3, -0.25) is 4.79 Å². The largest absolute Gasteiger partial charge is 0.467 e. The first-order chi connectivity index (χ1) is 9.34. The SMILES string of the molecule is COC(=O)C(C)(C)NC(=O)C12CC3CC(CC(C3)C1)C2. The van der Waals surface area contributed by atoms with Crippen LogP contribution in [0.15, 0.2) is 0 Å². The highest BCUT2D eigenvalue weighted by Gasteiger charge is 2.55. The van der Waals surface area contributed by atoms with Crippen molar-refractivity contribution in [2.24, 2.45) is 23.2 Å². The first kappa shape index (κ1) is 13.9. The third-order valence-electron chi connectivity index (χ3n) is 5.64. The van der Waals surface area contributed by atoms with E-state index in [-0.39, 0.29) is 17.3 Å². The average Bonchev–Trinajstić information content (AvgIpc) is 2.35. The Hall–Kier alpha value is -1.06. The molecule has 4 rings (SSSR count). The van der Waals surface area contributed by atoms with Crippen LogP contribution in [0.2, 0.25) is 0 Å². The maximum absolute atomic E-state index is 12.8. The lowest BCUT2D eigenvalue weighted by molar-refractivity contribution is -0.156. The molecule has 4 nitrogen and oxygen atoms in total. The second-order valence-electron chi connectivity index (χ2n) is 7.77. The molecule has 20 heavy (non-hydrogen) atoms. The fraction of sp³-hybridized carbons (Fsp3) is 0.875. The van der Waals surface area contributed by atoms with Gasteiger partial charge in [0.05, 0.1) is 7.11 Å². The molecule has 0 spiro atoms. The van der Waals surface area contributed by atoms with Crippen molar-refractivity contribution < 1.29 is 14.3 Å². The zero-order chi connectivity index (χ0) is 14.5. The van der Waals surface area contributed by atoms with E-state index in [0.29, 0.717) is 0 Å². The zero-order valence-corrected chi connectivity index (χ0v) is 12.7. The third kappa shape index (κ3) is 2.13. The van der Waals surface area contributed by atoms with Gasteiger partial charge in [0.1, 0.15) is 5.54 Å². The van der Waals surface area contributed by atoms with Crippen LogP contribution < -0.4 is 5.32 Å². The van der Waals surface area contributed by atoms with Gasteiger partial charge in [-0.05, 0) is 70.1 Å². The van der Waals surface area contributed by atoms with Crippen molar-refractivity contribution >= 4 is 11.9 Å². The van der Waals surface area contributed by atoms with Crippen molar-refractivity contribution in [3.8, 4) is 0 Å². The normalized spacial score (nSPS) is 38.6. The summed E-state index contributed by atoms with van der Waals surface area (Å²) < 4.78 is 4.78. The molecule has 1 N–H and O–H groups in total. The minimum absolute atomic E-state index is 0.0759. The van der Waals surface area contributed by atoms with Gasteiger partial charge >= 0.3 is 5.97 Å². The lowest BCUT2D eigenvalue weighted by Gasteiger charge is -2.56. The predicted molar refractivity (Wildman–Crippen MR) is 74.8 cm³/mol. The molecule has 0 aromatic heterocycles. The van der Waals surface area contributed by atoms with Crippen LogP contribution in [0.3, 0.4) is 0 Å². The van der Waals surface area contributed by atoms with Crippen LogP contribution in [0.5, 0.6) is 0 Å². The Labute approximate surface area is 120 Å². The molecule has 1 amide bonds. The molecule has 0 heterocycles. The summed E-state index contributed by atoms with van der Waals surface area (Å²) in [4.78, 5) is 24.6. The number of carbonyl (C=O) groups is 2. The Bertz CT molecular complexity index is 406. The Morgan fingerprint density at radius 2 is 1.50 bits per heavy atom. The van der Waals surface area contributed by atoms with E-state index in [1.807, 2.05) is 0 Å². The van der Waals surface area contributed by atoms with Crippen molar-refractivity contribution in [2.75, 3.05) is 7.11 Å². The Kier molecular flexibility index (Phi) is 3.11. The molecule has 0 unspecified atom stereocenters. The van der Waals surface area contributed by atoms with Crippen LogP contribution in [0.4, 0.5) is 0 Å².